The van der Waals surface area contributed by atoms with Gasteiger partial charge in [-0.3, -0.25) is 9.69 Å². The van der Waals surface area contributed by atoms with E-state index in [1.54, 1.807) is 0 Å². The molecule has 0 amide bonds. The number of carbonyl (C=O) groups excluding carboxylic acids is 1. The van der Waals surface area contributed by atoms with Crippen LogP contribution in [0.5, 0.6) is 0 Å². The number of rotatable bonds is 4. The zero-order chi connectivity index (χ0) is 16.6. The van der Waals surface area contributed by atoms with E-state index < -0.39 is 0 Å². The highest BCUT2D eigenvalue weighted by molar-refractivity contribution is 6.04. The number of ketones is 1. The summed E-state index contributed by atoms with van der Waals surface area (Å²) in [6.07, 6.45) is 0. The van der Waals surface area contributed by atoms with Crippen molar-refractivity contribution in [1.82, 2.24) is 9.88 Å². The zero-order valence-electron chi connectivity index (χ0n) is 14.1. The quantitative estimate of drug-likeness (QED) is 0.731. The van der Waals surface area contributed by atoms with E-state index in [4.69, 9.17) is 0 Å². The maximum atomic E-state index is 13.2. The predicted molar refractivity (Wildman–Crippen MR) is 95.0 cm³/mol. The molecule has 3 rings (SSSR count). The van der Waals surface area contributed by atoms with E-state index in [0.717, 1.165) is 33.3 Å². The maximum absolute atomic E-state index is 13.2. The van der Waals surface area contributed by atoms with Crippen LogP contribution in [-0.2, 0) is 0 Å². The molecule has 0 saturated carbocycles. The first kappa shape index (κ1) is 15.5. The first-order chi connectivity index (χ1) is 11.0. The van der Waals surface area contributed by atoms with Crippen LogP contribution in [0.3, 0.4) is 0 Å². The average Bonchev–Trinajstić information content (AvgIpc) is 2.84. The normalized spacial score (nSPS) is 12.7. The molecule has 2 aromatic carbocycles. The monoisotopic (exact) mass is 306 g/mol. The molecule has 1 atom stereocenters. The number of benzene rings is 2. The maximum Gasteiger partial charge on any atom is 0.184 e. The number of nitrogens with zero attached hydrogens (tertiary/aromatic N) is 1. The van der Waals surface area contributed by atoms with Crippen LogP contribution in [0.25, 0.3) is 10.9 Å². The molecule has 0 aliphatic heterocycles. The van der Waals surface area contributed by atoms with Gasteiger partial charge in [0, 0.05) is 27.7 Å². The topological polar surface area (TPSA) is 36.1 Å². The van der Waals surface area contributed by atoms with E-state index in [0.29, 0.717) is 0 Å². The van der Waals surface area contributed by atoms with Crippen LogP contribution in [0.2, 0.25) is 0 Å². The van der Waals surface area contributed by atoms with Crippen molar-refractivity contribution >= 4 is 16.7 Å². The standard InChI is InChI=1S/C20H22N2O/c1-13-9-5-6-10-15(13)20(23)19(22(3)4)18-14(2)21-17-12-8-7-11-16(17)18/h5-12,19,21H,1-4H3. The molecule has 0 saturated heterocycles. The van der Waals surface area contributed by atoms with Crippen LogP contribution in [0.1, 0.15) is 33.2 Å². The molecule has 1 unspecified atom stereocenters. The number of para-hydroxylation sites is 1. The van der Waals surface area contributed by atoms with E-state index in [2.05, 4.69) is 17.1 Å². The summed E-state index contributed by atoms with van der Waals surface area (Å²) in [6.45, 7) is 4.03. The average molecular weight is 306 g/mol. The summed E-state index contributed by atoms with van der Waals surface area (Å²) >= 11 is 0. The van der Waals surface area contributed by atoms with E-state index in [1.807, 2.05) is 69.2 Å². The van der Waals surface area contributed by atoms with Gasteiger partial charge < -0.3 is 4.98 Å². The molecule has 118 valence electrons. The zero-order valence-corrected chi connectivity index (χ0v) is 14.1. The van der Waals surface area contributed by atoms with Gasteiger partial charge in [0.2, 0.25) is 0 Å². The van der Waals surface area contributed by atoms with Gasteiger partial charge in [-0.15, -0.1) is 0 Å². The SMILES string of the molecule is Cc1ccccc1C(=O)C(c1c(C)[nH]c2ccccc12)N(C)C. The lowest BCUT2D eigenvalue weighted by molar-refractivity contribution is 0.0875. The third-order valence-corrected chi connectivity index (χ3v) is 4.39. The first-order valence-corrected chi connectivity index (χ1v) is 7.84. The van der Waals surface area contributed by atoms with E-state index >= 15 is 0 Å². The summed E-state index contributed by atoms with van der Waals surface area (Å²) in [7, 11) is 3.92. The fourth-order valence-electron chi connectivity index (χ4n) is 3.27. The fraction of sp³-hybridized carbons (Fsp3) is 0.250. The molecule has 1 N–H and O–H groups in total. The number of carbonyl (C=O) groups is 1. The second-order valence-electron chi connectivity index (χ2n) is 6.25. The van der Waals surface area contributed by atoms with Crippen molar-refractivity contribution in [3.05, 3.63) is 70.9 Å². The number of nitrogens with one attached hydrogen (secondary N) is 1. The van der Waals surface area contributed by atoms with Crippen molar-refractivity contribution in [2.45, 2.75) is 19.9 Å². The first-order valence-electron chi connectivity index (χ1n) is 7.84. The summed E-state index contributed by atoms with van der Waals surface area (Å²) in [5.74, 6) is 0.140. The molecule has 3 nitrogen and oxygen atoms in total. The molecule has 3 aromatic rings. The van der Waals surface area contributed by atoms with Crippen LogP contribution < -0.4 is 0 Å². The van der Waals surface area contributed by atoms with Crippen LogP contribution in [0.4, 0.5) is 0 Å². The van der Waals surface area contributed by atoms with E-state index in [-0.39, 0.29) is 11.8 Å². The number of hydrogen-bond donors (Lipinski definition) is 1. The molecule has 0 fully saturated rings. The number of hydrogen-bond acceptors (Lipinski definition) is 2. The van der Waals surface area contributed by atoms with Gasteiger partial charge in [0.25, 0.3) is 0 Å². The minimum Gasteiger partial charge on any atom is -0.358 e. The molecule has 0 bridgehead atoms. The largest absolute Gasteiger partial charge is 0.358 e. The Hall–Kier alpha value is -2.39. The van der Waals surface area contributed by atoms with Gasteiger partial charge in [-0.05, 0) is 39.6 Å². The van der Waals surface area contributed by atoms with Crippen LogP contribution in [0.15, 0.2) is 48.5 Å². The predicted octanol–water partition coefficient (Wildman–Crippen LogP) is 4.27. The van der Waals surface area contributed by atoms with Crippen molar-refractivity contribution in [3.63, 3.8) is 0 Å². The molecule has 0 radical (unpaired) electrons. The van der Waals surface area contributed by atoms with Gasteiger partial charge >= 0.3 is 0 Å². The molecule has 0 spiro atoms. The molecule has 23 heavy (non-hydrogen) atoms. The Morgan fingerprint density at radius 3 is 2.35 bits per heavy atom. The van der Waals surface area contributed by atoms with Crippen LogP contribution >= 0.6 is 0 Å². The lowest BCUT2D eigenvalue weighted by atomic mass is 9.92. The molecule has 1 aromatic heterocycles. The molecule has 1 heterocycles. The van der Waals surface area contributed by atoms with Crippen LogP contribution in [-0.4, -0.2) is 29.8 Å². The lowest BCUT2D eigenvalue weighted by Crippen LogP contribution is -2.28. The van der Waals surface area contributed by atoms with Gasteiger partial charge in [-0.25, -0.2) is 0 Å². The van der Waals surface area contributed by atoms with Gasteiger partial charge in [0.15, 0.2) is 5.78 Å². The number of H-pyrrole nitrogens is 1. The van der Waals surface area contributed by atoms with Crippen molar-refractivity contribution in [1.29, 1.82) is 0 Å². The fourth-order valence-corrected chi connectivity index (χ4v) is 3.27. The minimum absolute atomic E-state index is 0.140. The van der Waals surface area contributed by atoms with Crippen molar-refractivity contribution in [2.75, 3.05) is 14.1 Å². The van der Waals surface area contributed by atoms with Crippen molar-refractivity contribution < 1.29 is 4.79 Å². The van der Waals surface area contributed by atoms with Gasteiger partial charge in [-0.2, -0.15) is 0 Å². The molecule has 3 heteroatoms. The summed E-state index contributed by atoms with van der Waals surface area (Å²) in [6, 6.07) is 15.7. The highest BCUT2D eigenvalue weighted by atomic mass is 16.1. The number of likely N-dealkylation sites (N-methyl/N-ethyl adjacent to an activating group) is 1. The highest BCUT2D eigenvalue weighted by Gasteiger charge is 2.29. The summed E-state index contributed by atoms with van der Waals surface area (Å²) in [4.78, 5) is 18.6. The Labute approximate surface area is 136 Å². The summed E-state index contributed by atoms with van der Waals surface area (Å²) < 4.78 is 0. The third kappa shape index (κ3) is 2.68. The smallest absolute Gasteiger partial charge is 0.184 e. The number of aromatic nitrogens is 1. The Morgan fingerprint density at radius 2 is 1.65 bits per heavy atom. The number of Topliss-reactive ketones (excluding diaryl/α,β-unsaturated/α-hetero) is 1. The Morgan fingerprint density at radius 1 is 1.00 bits per heavy atom. The number of aryl methyl sites for hydroxylation is 2. The highest BCUT2D eigenvalue weighted by Crippen LogP contribution is 2.33. The lowest BCUT2D eigenvalue weighted by Gasteiger charge is -2.24. The van der Waals surface area contributed by atoms with Gasteiger partial charge in [-0.1, -0.05) is 42.5 Å². The Kier molecular flexibility index (Phi) is 4.05. The number of aromatic amines is 1. The van der Waals surface area contributed by atoms with Crippen LogP contribution in [0, 0.1) is 13.8 Å². The van der Waals surface area contributed by atoms with E-state index in [1.165, 1.54) is 0 Å². The molecular formula is C20H22N2O. The summed E-state index contributed by atoms with van der Waals surface area (Å²) in [5.41, 5.74) is 4.99. The molecule has 0 aliphatic carbocycles. The second-order valence-corrected chi connectivity index (χ2v) is 6.25. The van der Waals surface area contributed by atoms with Crippen molar-refractivity contribution in [3.8, 4) is 0 Å². The number of fused-ring (bicyclic) bond motifs is 1. The van der Waals surface area contributed by atoms with Crippen molar-refractivity contribution in [2.24, 2.45) is 0 Å². The van der Waals surface area contributed by atoms with Gasteiger partial charge in [0.05, 0.1) is 0 Å². The molecule has 0 aliphatic rings. The van der Waals surface area contributed by atoms with Gasteiger partial charge in [0.1, 0.15) is 6.04 Å². The molecular weight excluding hydrogens is 284 g/mol. The Balaban J connectivity index is 2.17. The second kappa shape index (κ2) is 6.01. The summed E-state index contributed by atoms with van der Waals surface area (Å²) in [5, 5.41) is 1.12. The third-order valence-electron chi connectivity index (χ3n) is 4.39. The Bertz CT molecular complexity index is 861. The van der Waals surface area contributed by atoms with E-state index in [9.17, 15) is 4.79 Å². The minimum atomic E-state index is -0.299.